The van der Waals surface area contributed by atoms with Gasteiger partial charge in [-0.1, -0.05) is 12.1 Å². The molecule has 0 fully saturated rings. The molecular weight excluding hydrogens is 264 g/mol. The van der Waals surface area contributed by atoms with Gasteiger partial charge in [0, 0.05) is 24.2 Å². The maximum absolute atomic E-state index is 11.6. The molecule has 0 saturated heterocycles. The quantitative estimate of drug-likeness (QED) is 0.548. The molecule has 2 aromatic rings. The van der Waals surface area contributed by atoms with Gasteiger partial charge in [0.2, 0.25) is 0 Å². The van der Waals surface area contributed by atoms with Crippen LogP contribution in [0.25, 0.3) is 11.3 Å². The van der Waals surface area contributed by atoms with Crippen molar-refractivity contribution in [3.05, 3.63) is 46.1 Å². The molecule has 0 saturated carbocycles. The number of nitro benzene ring substituents is 1. The molecule has 1 aromatic carbocycles. The molecule has 8 heteroatoms. The van der Waals surface area contributed by atoms with Crippen LogP contribution in [0.5, 0.6) is 0 Å². The third-order valence-electron chi connectivity index (χ3n) is 2.57. The molecule has 0 atom stereocenters. The van der Waals surface area contributed by atoms with Crippen LogP contribution in [0, 0.1) is 10.1 Å². The molecule has 1 amide bonds. The number of carbonyl (C=O) groups excluding carboxylic acids is 1. The average molecular weight is 276 g/mol. The number of nitro groups is 1. The Bertz CT molecular complexity index is 638. The van der Waals surface area contributed by atoms with Crippen molar-refractivity contribution in [2.24, 2.45) is 0 Å². The second-order valence-corrected chi connectivity index (χ2v) is 3.95. The van der Waals surface area contributed by atoms with Gasteiger partial charge in [-0.2, -0.15) is 5.10 Å². The number of nitrogens with one attached hydrogen (secondary N) is 2. The van der Waals surface area contributed by atoms with E-state index >= 15 is 0 Å². The third kappa shape index (κ3) is 2.98. The maximum Gasteiger partial charge on any atom is 0.270 e. The van der Waals surface area contributed by atoms with Crippen molar-refractivity contribution >= 4 is 11.6 Å². The lowest BCUT2D eigenvalue weighted by Crippen LogP contribution is -2.26. The predicted molar refractivity (Wildman–Crippen MR) is 70.1 cm³/mol. The molecule has 0 radical (unpaired) electrons. The molecule has 3 N–H and O–H groups in total. The van der Waals surface area contributed by atoms with Gasteiger partial charge < -0.3 is 10.4 Å². The number of hydrogen-bond acceptors (Lipinski definition) is 5. The Labute approximate surface area is 113 Å². The van der Waals surface area contributed by atoms with E-state index in [1.807, 2.05) is 0 Å². The van der Waals surface area contributed by atoms with Crippen molar-refractivity contribution in [3.63, 3.8) is 0 Å². The number of aromatic nitrogens is 2. The van der Waals surface area contributed by atoms with Crippen LogP contribution in [-0.2, 0) is 0 Å². The van der Waals surface area contributed by atoms with E-state index in [4.69, 9.17) is 5.11 Å². The summed E-state index contributed by atoms with van der Waals surface area (Å²) in [6.45, 7) is -0.0123. The van der Waals surface area contributed by atoms with Gasteiger partial charge in [0.15, 0.2) is 0 Å². The molecule has 1 aromatic heterocycles. The first kappa shape index (κ1) is 13.7. The fourth-order valence-electron chi connectivity index (χ4n) is 1.63. The lowest BCUT2D eigenvalue weighted by molar-refractivity contribution is -0.384. The lowest BCUT2D eigenvalue weighted by atomic mass is 10.1. The van der Waals surface area contributed by atoms with E-state index in [2.05, 4.69) is 15.5 Å². The standard InChI is InChI=1S/C12H12N4O4/c17-5-4-13-12(18)11-7-10(14-15-11)8-2-1-3-9(6-8)16(19)20/h1-3,6-7,17H,4-5H2,(H,13,18)(H,14,15). The van der Waals surface area contributed by atoms with Gasteiger partial charge in [0.1, 0.15) is 5.69 Å². The minimum Gasteiger partial charge on any atom is -0.395 e. The normalized spacial score (nSPS) is 10.2. The molecule has 20 heavy (non-hydrogen) atoms. The van der Waals surface area contributed by atoms with Gasteiger partial charge in [-0.25, -0.2) is 0 Å². The molecule has 0 aliphatic heterocycles. The molecular formula is C12H12N4O4. The SMILES string of the molecule is O=C(NCCO)c1cc(-c2cccc([N+](=O)[O-])c2)n[nH]1. The van der Waals surface area contributed by atoms with E-state index < -0.39 is 10.8 Å². The van der Waals surface area contributed by atoms with Crippen LogP contribution in [0.2, 0.25) is 0 Å². The largest absolute Gasteiger partial charge is 0.395 e. The number of benzene rings is 1. The van der Waals surface area contributed by atoms with Crippen molar-refractivity contribution in [1.29, 1.82) is 0 Å². The number of aliphatic hydroxyl groups excluding tert-OH is 1. The van der Waals surface area contributed by atoms with Gasteiger partial charge in [-0.15, -0.1) is 0 Å². The number of non-ortho nitro benzene ring substituents is 1. The highest BCUT2D eigenvalue weighted by atomic mass is 16.6. The predicted octanol–water partition coefficient (Wildman–Crippen LogP) is 0.707. The summed E-state index contributed by atoms with van der Waals surface area (Å²) < 4.78 is 0. The topological polar surface area (TPSA) is 121 Å². The Balaban J connectivity index is 2.22. The highest BCUT2D eigenvalue weighted by Gasteiger charge is 2.12. The van der Waals surface area contributed by atoms with Crippen molar-refractivity contribution in [3.8, 4) is 11.3 Å². The monoisotopic (exact) mass is 276 g/mol. The van der Waals surface area contributed by atoms with E-state index in [1.54, 1.807) is 12.1 Å². The zero-order valence-electron chi connectivity index (χ0n) is 10.4. The number of amides is 1. The van der Waals surface area contributed by atoms with Gasteiger partial charge in [-0.05, 0) is 6.07 Å². The van der Waals surface area contributed by atoms with Crippen molar-refractivity contribution in [2.75, 3.05) is 13.2 Å². The smallest absolute Gasteiger partial charge is 0.270 e. The minimum atomic E-state index is -0.495. The number of H-pyrrole nitrogens is 1. The highest BCUT2D eigenvalue weighted by Crippen LogP contribution is 2.22. The van der Waals surface area contributed by atoms with Crippen molar-refractivity contribution < 1.29 is 14.8 Å². The van der Waals surface area contributed by atoms with Crippen molar-refractivity contribution in [2.45, 2.75) is 0 Å². The molecule has 1 heterocycles. The van der Waals surface area contributed by atoms with Crippen LogP contribution >= 0.6 is 0 Å². The fraction of sp³-hybridized carbons (Fsp3) is 0.167. The molecule has 0 aliphatic carbocycles. The zero-order chi connectivity index (χ0) is 14.5. The Kier molecular flexibility index (Phi) is 4.06. The summed E-state index contributed by atoms with van der Waals surface area (Å²) in [7, 11) is 0. The van der Waals surface area contributed by atoms with Crippen LogP contribution in [-0.4, -0.2) is 39.3 Å². The minimum absolute atomic E-state index is 0.0446. The van der Waals surface area contributed by atoms with Crippen LogP contribution < -0.4 is 5.32 Å². The maximum atomic E-state index is 11.6. The van der Waals surface area contributed by atoms with Crippen LogP contribution in [0.15, 0.2) is 30.3 Å². The van der Waals surface area contributed by atoms with Crippen molar-refractivity contribution in [1.82, 2.24) is 15.5 Å². The Morgan fingerprint density at radius 1 is 1.45 bits per heavy atom. The zero-order valence-corrected chi connectivity index (χ0v) is 10.4. The second kappa shape index (κ2) is 5.93. The molecule has 2 rings (SSSR count). The number of hydrogen-bond donors (Lipinski definition) is 3. The molecule has 104 valence electrons. The first-order valence-electron chi connectivity index (χ1n) is 5.81. The fourth-order valence-corrected chi connectivity index (χ4v) is 1.63. The van der Waals surface area contributed by atoms with E-state index in [1.165, 1.54) is 18.2 Å². The molecule has 0 bridgehead atoms. The highest BCUT2D eigenvalue weighted by molar-refractivity contribution is 5.93. The molecule has 8 nitrogen and oxygen atoms in total. The van der Waals surface area contributed by atoms with E-state index in [0.717, 1.165) is 0 Å². The number of carbonyl (C=O) groups is 1. The van der Waals surface area contributed by atoms with E-state index in [9.17, 15) is 14.9 Å². The van der Waals surface area contributed by atoms with Gasteiger partial charge in [0.05, 0.1) is 17.2 Å². The number of rotatable bonds is 5. The summed E-state index contributed by atoms with van der Waals surface area (Å²) in [5.74, 6) is -0.400. The van der Waals surface area contributed by atoms with Gasteiger partial charge >= 0.3 is 0 Å². The molecule has 0 spiro atoms. The third-order valence-corrected chi connectivity index (χ3v) is 2.57. The van der Waals surface area contributed by atoms with Gasteiger partial charge in [0.25, 0.3) is 11.6 Å². The number of nitrogens with zero attached hydrogens (tertiary/aromatic N) is 2. The summed E-state index contributed by atoms with van der Waals surface area (Å²) in [5, 5.41) is 28.3. The number of aliphatic hydroxyl groups is 1. The lowest BCUT2D eigenvalue weighted by Gasteiger charge is -1.98. The van der Waals surface area contributed by atoms with Crippen LogP contribution in [0.3, 0.4) is 0 Å². The summed E-state index contributed by atoms with van der Waals surface area (Å²) in [6, 6.07) is 7.47. The van der Waals surface area contributed by atoms with E-state index in [0.29, 0.717) is 11.3 Å². The summed E-state index contributed by atoms with van der Waals surface area (Å²) in [5.41, 5.74) is 1.15. The first-order valence-corrected chi connectivity index (χ1v) is 5.81. The average Bonchev–Trinajstić information content (AvgIpc) is 2.94. The summed E-state index contributed by atoms with van der Waals surface area (Å²) in [6.07, 6.45) is 0. The second-order valence-electron chi connectivity index (χ2n) is 3.95. The van der Waals surface area contributed by atoms with E-state index in [-0.39, 0.29) is 24.5 Å². The van der Waals surface area contributed by atoms with Crippen LogP contribution in [0.4, 0.5) is 5.69 Å². The molecule has 0 aliphatic rings. The number of aromatic amines is 1. The first-order chi connectivity index (χ1) is 9.61. The summed E-state index contributed by atoms with van der Waals surface area (Å²) in [4.78, 5) is 21.8. The van der Waals surface area contributed by atoms with Crippen LogP contribution in [0.1, 0.15) is 10.5 Å². The molecule has 0 unspecified atom stereocenters. The summed E-state index contributed by atoms with van der Waals surface area (Å²) >= 11 is 0. The van der Waals surface area contributed by atoms with Gasteiger partial charge in [-0.3, -0.25) is 20.0 Å². The Morgan fingerprint density at radius 2 is 2.25 bits per heavy atom. The Morgan fingerprint density at radius 3 is 2.95 bits per heavy atom. The Hall–Kier alpha value is -2.74.